The number of hydrogen-bond donors (Lipinski definition) is 1. The molecule has 28 heavy (non-hydrogen) atoms. The summed E-state index contributed by atoms with van der Waals surface area (Å²) in [5.74, 6) is -0.598. The highest BCUT2D eigenvalue weighted by atomic mass is 35.5. The van der Waals surface area contributed by atoms with Crippen LogP contribution in [0.5, 0.6) is 0 Å². The molecule has 2 heterocycles. The molecule has 10 heteroatoms. The molecule has 1 aliphatic heterocycles. The van der Waals surface area contributed by atoms with Gasteiger partial charge in [-0.3, -0.25) is 14.5 Å². The van der Waals surface area contributed by atoms with Crippen LogP contribution in [-0.2, 0) is 20.9 Å². The molecule has 1 aliphatic carbocycles. The van der Waals surface area contributed by atoms with E-state index >= 15 is 0 Å². The van der Waals surface area contributed by atoms with Gasteiger partial charge in [-0.2, -0.15) is 4.98 Å². The lowest BCUT2D eigenvalue weighted by atomic mass is 9.96. The van der Waals surface area contributed by atoms with Gasteiger partial charge in [0.05, 0.1) is 0 Å². The first-order valence-corrected chi connectivity index (χ1v) is 9.13. The van der Waals surface area contributed by atoms with Crippen LogP contribution in [0.2, 0.25) is 5.02 Å². The van der Waals surface area contributed by atoms with Gasteiger partial charge in [-0.15, -0.1) is 0 Å². The highest BCUT2D eigenvalue weighted by Gasteiger charge is 2.56. The molecule has 146 valence electrons. The summed E-state index contributed by atoms with van der Waals surface area (Å²) in [5, 5.41) is 7.08. The van der Waals surface area contributed by atoms with Gasteiger partial charge in [0, 0.05) is 10.6 Å². The average molecular weight is 405 g/mol. The minimum Gasteiger partial charge on any atom is -0.454 e. The molecule has 1 aromatic carbocycles. The fourth-order valence-corrected chi connectivity index (χ4v) is 3.27. The number of amides is 3. The Hall–Kier alpha value is -2.94. The minimum atomic E-state index is -0.933. The summed E-state index contributed by atoms with van der Waals surface area (Å²) in [4.78, 5) is 41.7. The highest BCUT2D eigenvalue weighted by molar-refractivity contribution is 6.30. The molecule has 0 spiro atoms. The van der Waals surface area contributed by atoms with Crippen molar-refractivity contribution in [2.24, 2.45) is 5.92 Å². The number of carbonyl (C=O) groups excluding carboxylic acids is 3. The van der Waals surface area contributed by atoms with Gasteiger partial charge >= 0.3 is 12.0 Å². The lowest BCUT2D eigenvalue weighted by molar-refractivity contribution is -0.149. The smallest absolute Gasteiger partial charge is 0.326 e. The molecule has 0 unspecified atom stereocenters. The van der Waals surface area contributed by atoms with Gasteiger partial charge in [0.1, 0.15) is 12.1 Å². The Morgan fingerprint density at radius 3 is 2.75 bits per heavy atom. The van der Waals surface area contributed by atoms with Crippen molar-refractivity contribution in [2.75, 3.05) is 6.54 Å². The molecule has 2 aliphatic rings. The molecular formula is C18H17ClN4O5. The third-order valence-corrected chi connectivity index (χ3v) is 5.16. The number of nitrogens with one attached hydrogen (secondary N) is 1. The van der Waals surface area contributed by atoms with Crippen LogP contribution < -0.4 is 5.32 Å². The molecule has 4 rings (SSSR count). The van der Waals surface area contributed by atoms with Gasteiger partial charge in [-0.05, 0) is 49.9 Å². The summed E-state index contributed by atoms with van der Waals surface area (Å²) in [6, 6.07) is 6.27. The molecule has 3 amide bonds. The van der Waals surface area contributed by atoms with Crippen molar-refractivity contribution in [3.63, 3.8) is 0 Å². The van der Waals surface area contributed by atoms with Crippen molar-refractivity contribution in [3.8, 4) is 11.4 Å². The van der Waals surface area contributed by atoms with Gasteiger partial charge in [0.25, 0.3) is 11.8 Å². The average Bonchev–Trinajstić information content (AvgIpc) is 3.39. The first kappa shape index (κ1) is 18.4. The molecular weight excluding hydrogens is 388 g/mol. The van der Waals surface area contributed by atoms with E-state index in [-0.39, 0.29) is 18.4 Å². The number of urea groups is 1. The normalized spacial score (nSPS) is 21.7. The molecule has 1 saturated carbocycles. The summed E-state index contributed by atoms with van der Waals surface area (Å²) in [5.41, 5.74) is -0.235. The van der Waals surface area contributed by atoms with Crippen molar-refractivity contribution in [2.45, 2.75) is 31.9 Å². The zero-order valence-corrected chi connectivity index (χ0v) is 15.7. The van der Waals surface area contributed by atoms with Gasteiger partial charge < -0.3 is 14.6 Å². The molecule has 1 saturated heterocycles. The molecule has 2 fully saturated rings. The van der Waals surface area contributed by atoms with Crippen molar-refractivity contribution in [1.82, 2.24) is 20.4 Å². The van der Waals surface area contributed by atoms with E-state index in [4.69, 9.17) is 20.9 Å². The first-order valence-electron chi connectivity index (χ1n) is 8.75. The van der Waals surface area contributed by atoms with E-state index in [0.717, 1.165) is 17.7 Å². The molecule has 1 N–H and O–H groups in total. The van der Waals surface area contributed by atoms with Crippen molar-refractivity contribution in [1.29, 1.82) is 0 Å². The van der Waals surface area contributed by atoms with E-state index in [9.17, 15) is 14.4 Å². The number of nitrogens with zero attached hydrogens (tertiary/aromatic N) is 3. The van der Waals surface area contributed by atoms with E-state index in [2.05, 4.69) is 15.5 Å². The van der Waals surface area contributed by atoms with E-state index in [0.29, 0.717) is 16.4 Å². The van der Waals surface area contributed by atoms with E-state index in [1.165, 1.54) is 0 Å². The van der Waals surface area contributed by atoms with Gasteiger partial charge in [0.15, 0.2) is 6.61 Å². The maximum atomic E-state index is 12.5. The minimum absolute atomic E-state index is 0.0957. The largest absolute Gasteiger partial charge is 0.454 e. The lowest BCUT2D eigenvalue weighted by Crippen LogP contribution is -2.46. The van der Waals surface area contributed by atoms with Crippen LogP contribution in [-0.4, -0.2) is 45.0 Å². The van der Waals surface area contributed by atoms with Crippen LogP contribution in [0.25, 0.3) is 11.4 Å². The van der Waals surface area contributed by atoms with Crippen molar-refractivity contribution < 1.29 is 23.6 Å². The molecule has 9 nitrogen and oxygen atoms in total. The summed E-state index contributed by atoms with van der Waals surface area (Å²) in [6.45, 7) is 0.959. The SMILES string of the molecule is C[C@]1(C2CC2)NC(=O)N(CC(=O)OCc2nc(-c3ccc(Cl)cc3)no2)C1=O. The Balaban J connectivity index is 1.33. The number of carbonyl (C=O) groups is 3. The second kappa shape index (κ2) is 6.90. The highest BCUT2D eigenvalue weighted by Crippen LogP contribution is 2.42. The maximum Gasteiger partial charge on any atom is 0.326 e. The van der Waals surface area contributed by atoms with Gasteiger partial charge in [-0.25, -0.2) is 4.79 Å². The van der Waals surface area contributed by atoms with Crippen molar-refractivity contribution in [3.05, 3.63) is 35.2 Å². The number of rotatable bonds is 6. The van der Waals surface area contributed by atoms with E-state index < -0.39 is 30.0 Å². The van der Waals surface area contributed by atoms with Crippen LogP contribution in [0.1, 0.15) is 25.7 Å². The summed E-state index contributed by atoms with van der Waals surface area (Å²) in [7, 11) is 0. The first-order chi connectivity index (χ1) is 13.4. The number of aromatic nitrogens is 2. The number of imide groups is 1. The third-order valence-electron chi connectivity index (χ3n) is 4.91. The number of halogens is 1. The van der Waals surface area contributed by atoms with E-state index in [1.807, 2.05) is 0 Å². The zero-order chi connectivity index (χ0) is 19.9. The molecule has 1 aromatic heterocycles. The Bertz CT molecular complexity index is 940. The van der Waals surface area contributed by atoms with E-state index in [1.54, 1.807) is 31.2 Å². The number of benzene rings is 1. The standard InChI is InChI=1S/C18H17ClN4O5/c1-18(11-4-5-11)16(25)23(17(26)21-18)8-14(24)27-9-13-20-15(22-28-13)10-2-6-12(19)7-3-10/h2-3,6-7,11H,4-5,8-9H2,1H3,(H,21,26)/t18-/m1/s1. The second-order valence-corrected chi connectivity index (χ2v) is 7.41. The number of ether oxygens (including phenoxy) is 1. The maximum absolute atomic E-state index is 12.5. The lowest BCUT2D eigenvalue weighted by Gasteiger charge is -2.20. The quantitative estimate of drug-likeness (QED) is 0.579. The Morgan fingerprint density at radius 1 is 1.36 bits per heavy atom. The Kier molecular flexibility index (Phi) is 4.54. The van der Waals surface area contributed by atoms with Gasteiger partial charge in [-0.1, -0.05) is 16.8 Å². The summed E-state index contributed by atoms with van der Waals surface area (Å²) in [6.07, 6.45) is 1.77. The van der Waals surface area contributed by atoms with Crippen LogP contribution in [0, 0.1) is 5.92 Å². The Morgan fingerprint density at radius 2 is 2.07 bits per heavy atom. The van der Waals surface area contributed by atoms with Crippen LogP contribution in [0.3, 0.4) is 0 Å². The number of esters is 1. The predicted octanol–water partition coefficient (Wildman–Crippen LogP) is 2.15. The van der Waals surface area contributed by atoms with Gasteiger partial charge in [0.2, 0.25) is 5.82 Å². The molecule has 1 atom stereocenters. The zero-order valence-electron chi connectivity index (χ0n) is 15.0. The fourth-order valence-electron chi connectivity index (χ4n) is 3.14. The molecule has 0 bridgehead atoms. The molecule has 2 aromatic rings. The summed E-state index contributed by atoms with van der Waals surface area (Å²) >= 11 is 5.84. The monoisotopic (exact) mass is 404 g/mol. The molecule has 0 radical (unpaired) electrons. The van der Waals surface area contributed by atoms with Crippen LogP contribution >= 0.6 is 11.6 Å². The second-order valence-electron chi connectivity index (χ2n) is 6.98. The number of hydrogen-bond acceptors (Lipinski definition) is 7. The predicted molar refractivity (Wildman–Crippen MR) is 95.9 cm³/mol. The third kappa shape index (κ3) is 3.45. The Labute approximate surface area is 165 Å². The topological polar surface area (TPSA) is 115 Å². The summed E-state index contributed by atoms with van der Waals surface area (Å²) < 4.78 is 10.1. The van der Waals surface area contributed by atoms with Crippen LogP contribution in [0.4, 0.5) is 4.79 Å². The fraction of sp³-hybridized carbons (Fsp3) is 0.389. The van der Waals surface area contributed by atoms with Crippen LogP contribution in [0.15, 0.2) is 28.8 Å². The van der Waals surface area contributed by atoms with Crippen molar-refractivity contribution >= 4 is 29.5 Å².